The van der Waals surface area contributed by atoms with Gasteiger partial charge in [-0.05, 0) is 26.1 Å². The van der Waals surface area contributed by atoms with Gasteiger partial charge in [0.05, 0.1) is 5.69 Å². The van der Waals surface area contributed by atoms with E-state index in [1.54, 1.807) is 0 Å². The molecule has 4 nitrogen and oxygen atoms in total. The Morgan fingerprint density at radius 1 is 1.47 bits per heavy atom. The first-order valence-corrected chi connectivity index (χ1v) is 5.68. The van der Waals surface area contributed by atoms with Crippen LogP contribution >= 0.6 is 0 Å². The van der Waals surface area contributed by atoms with E-state index in [-0.39, 0.29) is 0 Å². The molecular formula is C11H22N4. The number of H-pyrrole nitrogens is 1. The zero-order valence-electron chi connectivity index (χ0n) is 10.0. The van der Waals surface area contributed by atoms with Crippen molar-refractivity contribution in [2.24, 2.45) is 0 Å². The van der Waals surface area contributed by atoms with Gasteiger partial charge >= 0.3 is 0 Å². The minimum absolute atomic E-state index is 0.943. The highest BCUT2D eigenvalue weighted by atomic mass is 15.2. The minimum Gasteiger partial charge on any atom is -0.316 e. The van der Waals surface area contributed by atoms with Gasteiger partial charge in [0.15, 0.2) is 0 Å². The highest BCUT2D eigenvalue weighted by Gasteiger charge is 2.02. The molecule has 1 aromatic heterocycles. The van der Waals surface area contributed by atoms with Gasteiger partial charge < -0.3 is 5.32 Å². The van der Waals surface area contributed by atoms with Crippen molar-refractivity contribution in [3.05, 3.63) is 17.5 Å². The summed E-state index contributed by atoms with van der Waals surface area (Å²) in [4.78, 5) is 2.29. The SMILES string of the molecule is CCNCCN(C)Cc1cc(CC)n[nH]1. The second-order valence-corrected chi connectivity index (χ2v) is 3.83. The molecule has 4 heteroatoms. The van der Waals surface area contributed by atoms with Gasteiger partial charge in [0.1, 0.15) is 0 Å². The summed E-state index contributed by atoms with van der Waals surface area (Å²) in [7, 11) is 2.13. The summed E-state index contributed by atoms with van der Waals surface area (Å²) in [6.45, 7) is 8.34. The van der Waals surface area contributed by atoms with Gasteiger partial charge in [0.25, 0.3) is 0 Å². The zero-order valence-corrected chi connectivity index (χ0v) is 10.0. The number of nitrogens with zero attached hydrogens (tertiary/aromatic N) is 2. The van der Waals surface area contributed by atoms with Gasteiger partial charge in [-0.25, -0.2) is 0 Å². The fourth-order valence-electron chi connectivity index (χ4n) is 1.49. The topological polar surface area (TPSA) is 44.0 Å². The molecule has 0 fully saturated rings. The maximum absolute atomic E-state index is 4.22. The summed E-state index contributed by atoms with van der Waals surface area (Å²) in [5.41, 5.74) is 2.34. The molecule has 1 aromatic rings. The maximum atomic E-state index is 4.22. The molecule has 0 aromatic carbocycles. The molecule has 0 radical (unpaired) electrons. The van der Waals surface area contributed by atoms with Crippen LogP contribution < -0.4 is 5.32 Å². The molecule has 0 spiro atoms. The van der Waals surface area contributed by atoms with E-state index in [0.717, 1.165) is 38.3 Å². The lowest BCUT2D eigenvalue weighted by molar-refractivity contribution is 0.321. The summed E-state index contributed by atoms with van der Waals surface area (Å²) in [5.74, 6) is 0. The van der Waals surface area contributed by atoms with E-state index in [0.29, 0.717) is 0 Å². The van der Waals surface area contributed by atoms with Crippen LogP contribution in [-0.2, 0) is 13.0 Å². The first kappa shape index (κ1) is 12.2. The second kappa shape index (κ2) is 6.58. The molecule has 1 rings (SSSR count). The highest BCUT2D eigenvalue weighted by molar-refractivity contribution is 5.08. The maximum Gasteiger partial charge on any atom is 0.0622 e. The van der Waals surface area contributed by atoms with E-state index in [1.165, 1.54) is 5.69 Å². The van der Waals surface area contributed by atoms with Gasteiger partial charge in [-0.1, -0.05) is 13.8 Å². The quantitative estimate of drug-likeness (QED) is 0.660. The molecule has 0 saturated heterocycles. The smallest absolute Gasteiger partial charge is 0.0622 e. The summed E-state index contributed by atoms with van der Waals surface area (Å²) in [6, 6.07) is 2.14. The molecule has 0 unspecified atom stereocenters. The van der Waals surface area contributed by atoms with Crippen LogP contribution in [0.4, 0.5) is 0 Å². The van der Waals surface area contributed by atoms with Gasteiger partial charge in [-0.2, -0.15) is 5.10 Å². The summed E-state index contributed by atoms with van der Waals surface area (Å²) in [5, 5.41) is 10.6. The van der Waals surface area contributed by atoms with Crippen molar-refractivity contribution >= 4 is 0 Å². The van der Waals surface area contributed by atoms with Crippen LogP contribution in [0.1, 0.15) is 25.2 Å². The molecular weight excluding hydrogens is 188 g/mol. The third-order valence-electron chi connectivity index (χ3n) is 2.41. The lowest BCUT2D eigenvalue weighted by atomic mass is 10.3. The number of likely N-dealkylation sites (N-methyl/N-ethyl adjacent to an activating group) is 2. The van der Waals surface area contributed by atoms with Crippen LogP contribution in [0, 0.1) is 0 Å². The summed E-state index contributed by atoms with van der Waals surface area (Å²) < 4.78 is 0. The lowest BCUT2D eigenvalue weighted by Gasteiger charge is -2.15. The van der Waals surface area contributed by atoms with E-state index >= 15 is 0 Å². The van der Waals surface area contributed by atoms with Gasteiger partial charge in [-0.15, -0.1) is 0 Å². The number of aromatic nitrogens is 2. The molecule has 0 atom stereocenters. The van der Waals surface area contributed by atoms with Crippen LogP contribution in [0.15, 0.2) is 6.07 Å². The number of aromatic amines is 1. The Balaban J connectivity index is 2.27. The highest BCUT2D eigenvalue weighted by Crippen LogP contribution is 2.02. The number of aryl methyl sites for hydroxylation is 1. The molecule has 1 heterocycles. The van der Waals surface area contributed by atoms with E-state index in [4.69, 9.17) is 0 Å². The fourth-order valence-corrected chi connectivity index (χ4v) is 1.49. The monoisotopic (exact) mass is 210 g/mol. The molecule has 15 heavy (non-hydrogen) atoms. The molecule has 0 aliphatic rings. The Morgan fingerprint density at radius 3 is 2.87 bits per heavy atom. The summed E-state index contributed by atoms with van der Waals surface area (Å²) >= 11 is 0. The van der Waals surface area contributed by atoms with Crippen molar-refractivity contribution in [1.29, 1.82) is 0 Å². The van der Waals surface area contributed by atoms with Crippen LogP contribution in [0.2, 0.25) is 0 Å². The van der Waals surface area contributed by atoms with Crippen molar-refractivity contribution in [2.75, 3.05) is 26.7 Å². The molecule has 2 N–H and O–H groups in total. The molecule has 0 bridgehead atoms. The Hall–Kier alpha value is -0.870. The lowest BCUT2D eigenvalue weighted by Crippen LogP contribution is -2.28. The van der Waals surface area contributed by atoms with Crippen LogP contribution in [0.25, 0.3) is 0 Å². The third kappa shape index (κ3) is 4.44. The third-order valence-corrected chi connectivity index (χ3v) is 2.41. The minimum atomic E-state index is 0.943. The number of hydrogen-bond donors (Lipinski definition) is 2. The molecule has 0 aliphatic carbocycles. The Morgan fingerprint density at radius 2 is 2.27 bits per heavy atom. The largest absolute Gasteiger partial charge is 0.316 e. The van der Waals surface area contributed by atoms with Crippen LogP contribution in [-0.4, -0.2) is 41.8 Å². The Kier molecular flexibility index (Phi) is 5.36. The van der Waals surface area contributed by atoms with Crippen molar-refractivity contribution in [3.8, 4) is 0 Å². The standard InChI is InChI=1S/C11H22N4/c1-4-10-8-11(14-13-10)9-15(3)7-6-12-5-2/h8,12H,4-7,9H2,1-3H3,(H,13,14). The van der Waals surface area contributed by atoms with Gasteiger partial charge in [0.2, 0.25) is 0 Å². The van der Waals surface area contributed by atoms with Crippen LogP contribution in [0.5, 0.6) is 0 Å². The van der Waals surface area contributed by atoms with Gasteiger partial charge in [0, 0.05) is 25.3 Å². The van der Waals surface area contributed by atoms with E-state index in [1.807, 2.05) is 0 Å². The first-order chi connectivity index (χ1) is 7.26. The first-order valence-electron chi connectivity index (χ1n) is 5.68. The average molecular weight is 210 g/mol. The predicted octanol–water partition coefficient (Wildman–Crippen LogP) is 1.01. The predicted molar refractivity (Wildman–Crippen MR) is 62.8 cm³/mol. The fraction of sp³-hybridized carbons (Fsp3) is 0.727. The normalized spacial score (nSPS) is 11.2. The number of nitrogens with one attached hydrogen (secondary N) is 2. The molecule has 86 valence electrons. The van der Waals surface area contributed by atoms with Gasteiger partial charge in [-0.3, -0.25) is 10.00 Å². The second-order valence-electron chi connectivity index (χ2n) is 3.83. The Bertz CT molecular complexity index is 269. The van der Waals surface area contributed by atoms with Crippen molar-refractivity contribution < 1.29 is 0 Å². The van der Waals surface area contributed by atoms with E-state index in [2.05, 4.69) is 47.4 Å². The Labute approximate surface area is 92.1 Å². The molecule has 0 saturated carbocycles. The van der Waals surface area contributed by atoms with E-state index < -0.39 is 0 Å². The number of hydrogen-bond acceptors (Lipinski definition) is 3. The average Bonchev–Trinajstić information content (AvgIpc) is 2.66. The van der Waals surface area contributed by atoms with Crippen molar-refractivity contribution in [1.82, 2.24) is 20.4 Å². The van der Waals surface area contributed by atoms with E-state index in [9.17, 15) is 0 Å². The zero-order chi connectivity index (χ0) is 11.1. The number of rotatable bonds is 7. The summed E-state index contributed by atoms with van der Waals surface area (Å²) in [6.07, 6.45) is 0.998. The van der Waals surface area contributed by atoms with Crippen LogP contribution in [0.3, 0.4) is 0 Å². The molecule has 0 aliphatic heterocycles. The van der Waals surface area contributed by atoms with Crippen molar-refractivity contribution in [2.45, 2.75) is 26.8 Å². The van der Waals surface area contributed by atoms with Crippen molar-refractivity contribution in [3.63, 3.8) is 0 Å². The molecule has 0 amide bonds.